The lowest BCUT2D eigenvalue weighted by Crippen LogP contribution is -2.37. The van der Waals surface area contributed by atoms with Crippen molar-refractivity contribution in [3.63, 3.8) is 0 Å². The molecule has 0 saturated heterocycles. The highest BCUT2D eigenvalue weighted by Crippen LogP contribution is 2.29. The minimum atomic E-state index is 0.724. The van der Waals surface area contributed by atoms with Gasteiger partial charge < -0.3 is 10.2 Å². The largest absolute Gasteiger partial charge is 0.368 e. The first kappa shape index (κ1) is 13.3. The standard InChI is InChI=1S/C15H25N3/c1-3-18(14-7-5-4-6-8-14)15-9-10-17-12-13(15)11-16-2/h9-10,12,14,16H,3-8,11H2,1-2H3. The Balaban J connectivity index is 2.20. The fraction of sp³-hybridized carbons (Fsp3) is 0.667. The third-order valence-electron chi connectivity index (χ3n) is 3.91. The maximum atomic E-state index is 4.26. The molecule has 100 valence electrons. The Hall–Kier alpha value is -1.09. The topological polar surface area (TPSA) is 28.2 Å². The van der Waals surface area contributed by atoms with Gasteiger partial charge in [0, 0.05) is 42.8 Å². The van der Waals surface area contributed by atoms with Crippen molar-refractivity contribution in [3.05, 3.63) is 24.0 Å². The molecular weight excluding hydrogens is 222 g/mol. The lowest BCUT2D eigenvalue weighted by atomic mass is 9.93. The molecule has 0 aliphatic heterocycles. The molecule has 1 aromatic rings. The summed E-state index contributed by atoms with van der Waals surface area (Å²) in [6, 6.07) is 2.90. The Labute approximate surface area is 111 Å². The Morgan fingerprint density at radius 1 is 1.33 bits per heavy atom. The van der Waals surface area contributed by atoms with Crippen molar-refractivity contribution in [2.24, 2.45) is 0 Å². The summed E-state index contributed by atoms with van der Waals surface area (Å²) in [5, 5.41) is 3.24. The van der Waals surface area contributed by atoms with Crippen LogP contribution in [0, 0.1) is 0 Å². The van der Waals surface area contributed by atoms with Crippen LogP contribution in [-0.2, 0) is 6.54 Å². The predicted molar refractivity (Wildman–Crippen MR) is 76.9 cm³/mol. The molecule has 0 unspecified atom stereocenters. The van der Waals surface area contributed by atoms with Crippen LogP contribution in [-0.4, -0.2) is 24.6 Å². The van der Waals surface area contributed by atoms with Gasteiger partial charge in [-0.3, -0.25) is 4.98 Å². The number of nitrogens with zero attached hydrogens (tertiary/aromatic N) is 2. The molecular formula is C15H25N3. The Morgan fingerprint density at radius 2 is 2.11 bits per heavy atom. The van der Waals surface area contributed by atoms with Gasteiger partial charge in [-0.1, -0.05) is 19.3 Å². The van der Waals surface area contributed by atoms with Crippen LogP contribution in [0.1, 0.15) is 44.6 Å². The van der Waals surface area contributed by atoms with Crippen LogP contribution in [0.15, 0.2) is 18.5 Å². The van der Waals surface area contributed by atoms with Gasteiger partial charge in [0.25, 0.3) is 0 Å². The molecule has 2 rings (SSSR count). The van der Waals surface area contributed by atoms with Crippen molar-refractivity contribution in [2.75, 3.05) is 18.5 Å². The monoisotopic (exact) mass is 247 g/mol. The first-order valence-corrected chi connectivity index (χ1v) is 7.21. The zero-order valence-corrected chi connectivity index (χ0v) is 11.7. The first-order chi connectivity index (χ1) is 8.86. The molecule has 1 N–H and O–H groups in total. The fourth-order valence-corrected chi connectivity index (χ4v) is 3.04. The van der Waals surface area contributed by atoms with Crippen molar-refractivity contribution in [3.8, 4) is 0 Å². The second kappa shape index (κ2) is 6.74. The number of aromatic nitrogens is 1. The third kappa shape index (κ3) is 3.02. The van der Waals surface area contributed by atoms with Gasteiger partial charge in [-0.05, 0) is 32.9 Å². The molecule has 0 bridgehead atoms. The number of hydrogen-bond donors (Lipinski definition) is 1. The molecule has 1 fully saturated rings. The van der Waals surface area contributed by atoms with Crippen LogP contribution >= 0.6 is 0 Å². The lowest BCUT2D eigenvalue weighted by molar-refractivity contribution is 0.417. The van der Waals surface area contributed by atoms with E-state index in [2.05, 4.69) is 28.2 Å². The Kier molecular flexibility index (Phi) is 5.00. The minimum absolute atomic E-state index is 0.724. The zero-order chi connectivity index (χ0) is 12.8. The average Bonchev–Trinajstić information content (AvgIpc) is 2.43. The summed E-state index contributed by atoms with van der Waals surface area (Å²) in [6.45, 7) is 4.25. The van der Waals surface area contributed by atoms with Crippen LogP contribution in [0.4, 0.5) is 5.69 Å². The third-order valence-corrected chi connectivity index (χ3v) is 3.91. The Bertz CT molecular complexity index is 359. The second-order valence-electron chi connectivity index (χ2n) is 5.11. The van der Waals surface area contributed by atoms with E-state index in [1.54, 1.807) is 0 Å². The van der Waals surface area contributed by atoms with Crippen molar-refractivity contribution in [1.82, 2.24) is 10.3 Å². The molecule has 0 atom stereocenters. The first-order valence-electron chi connectivity index (χ1n) is 7.21. The molecule has 0 radical (unpaired) electrons. The van der Waals surface area contributed by atoms with Gasteiger partial charge in [-0.15, -0.1) is 0 Å². The van der Waals surface area contributed by atoms with Gasteiger partial charge in [0.05, 0.1) is 0 Å². The van der Waals surface area contributed by atoms with Crippen molar-refractivity contribution in [1.29, 1.82) is 0 Å². The lowest BCUT2D eigenvalue weighted by Gasteiger charge is -2.36. The van der Waals surface area contributed by atoms with Crippen LogP contribution in [0.5, 0.6) is 0 Å². The number of hydrogen-bond acceptors (Lipinski definition) is 3. The molecule has 0 spiro atoms. The van der Waals surface area contributed by atoms with E-state index in [4.69, 9.17) is 0 Å². The fourth-order valence-electron chi connectivity index (χ4n) is 3.04. The van der Waals surface area contributed by atoms with Crippen LogP contribution in [0.25, 0.3) is 0 Å². The number of pyridine rings is 1. The number of rotatable bonds is 5. The van der Waals surface area contributed by atoms with E-state index in [1.165, 1.54) is 43.4 Å². The van der Waals surface area contributed by atoms with E-state index in [0.29, 0.717) is 0 Å². The molecule has 3 nitrogen and oxygen atoms in total. The summed E-state index contributed by atoms with van der Waals surface area (Å²) >= 11 is 0. The summed E-state index contributed by atoms with van der Waals surface area (Å²) in [6.07, 6.45) is 10.8. The van der Waals surface area contributed by atoms with Gasteiger partial charge in [0.15, 0.2) is 0 Å². The molecule has 0 aromatic carbocycles. The Morgan fingerprint density at radius 3 is 2.78 bits per heavy atom. The molecule has 1 aliphatic carbocycles. The van der Waals surface area contributed by atoms with E-state index in [0.717, 1.165) is 19.1 Å². The molecule has 1 saturated carbocycles. The maximum Gasteiger partial charge on any atom is 0.0445 e. The molecule has 1 aromatic heterocycles. The molecule has 18 heavy (non-hydrogen) atoms. The number of nitrogens with one attached hydrogen (secondary N) is 1. The van der Waals surface area contributed by atoms with E-state index < -0.39 is 0 Å². The van der Waals surface area contributed by atoms with Gasteiger partial charge in [0.1, 0.15) is 0 Å². The summed E-state index contributed by atoms with van der Waals surface area (Å²) in [5.41, 5.74) is 2.68. The molecule has 3 heteroatoms. The highest BCUT2D eigenvalue weighted by atomic mass is 15.2. The van der Waals surface area contributed by atoms with Gasteiger partial charge in [0.2, 0.25) is 0 Å². The van der Waals surface area contributed by atoms with E-state index >= 15 is 0 Å². The van der Waals surface area contributed by atoms with Crippen molar-refractivity contribution < 1.29 is 0 Å². The van der Waals surface area contributed by atoms with Gasteiger partial charge in [-0.2, -0.15) is 0 Å². The van der Waals surface area contributed by atoms with Crippen LogP contribution in [0.2, 0.25) is 0 Å². The smallest absolute Gasteiger partial charge is 0.0445 e. The van der Waals surface area contributed by atoms with E-state index in [-0.39, 0.29) is 0 Å². The van der Waals surface area contributed by atoms with Crippen LogP contribution in [0.3, 0.4) is 0 Å². The molecule has 1 heterocycles. The summed E-state index contributed by atoms with van der Waals surface area (Å²) in [4.78, 5) is 6.84. The van der Waals surface area contributed by atoms with E-state index in [9.17, 15) is 0 Å². The highest BCUT2D eigenvalue weighted by Gasteiger charge is 2.21. The normalized spacial score (nSPS) is 16.8. The van der Waals surface area contributed by atoms with E-state index in [1.807, 2.05) is 19.4 Å². The number of anilines is 1. The maximum absolute atomic E-state index is 4.26. The van der Waals surface area contributed by atoms with Gasteiger partial charge in [-0.25, -0.2) is 0 Å². The summed E-state index contributed by atoms with van der Waals surface area (Å²) < 4.78 is 0. The van der Waals surface area contributed by atoms with Crippen LogP contribution < -0.4 is 10.2 Å². The second-order valence-corrected chi connectivity index (χ2v) is 5.11. The highest BCUT2D eigenvalue weighted by molar-refractivity contribution is 5.53. The van der Waals surface area contributed by atoms with Crippen molar-refractivity contribution >= 4 is 5.69 Å². The summed E-state index contributed by atoms with van der Waals surface area (Å²) in [5.74, 6) is 0. The van der Waals surface area contributed by atoms with Crippen molar-refractivity contribution in [2.45, 2.75) is 51.6 Å². The minimum Gasteiger partial charge on any atom is -0.368 e. The molecule has 0 amide bonds. The SMILES string of the molecule is CCN(c1ccncc1CNC)C1CCCCC1. The summed E-state index contributed by atoms with van der Waals surface area (Å²) in [7, 11) is 1.99. The van der Waals surface area contributed by atoms with Gasteiger partial charge >= 0.3 is 0 Å². The predicted octanol–water partition coefficient (Wildman–Crippen LogP) is 2.96. The average molecular weight is 247 g/mol. The molecule has 1 aliphatic rings. The quantitative estimate of drug-likeness (QED) is 0.867. The zero-order valence-electron chi connectivity index (χ0n) is 11.7.